The number of rotatable bonds is 5. The summed E-state index contributed by atoms with van der Waals surface area (Å²) >= 11 is 8.39. The molecule has 0 aliphatic heterocycles. The van der Waals surface area contributed by atoms with E-state index in [0.29, 0.717) is 6.04 Å². The minimum absolute atomic E-state index is 0.313. The summed E-state index contributed by atoms with van der Waals surface area (Å²) in [6.45, 7) is 9.10. The van der Waals surface area contributed by atoms with Crippen molar-refractivity contribution in [1.82, 2.24) is 5.32 Å². The lowest BCUT2D eigenvalue weighted by atomic mass is 10.0. The molecule has 1 unspecified atom stereocenters. The van der Waals surface area contributed by atoms with Crippen LogP contribution in [0.4, 0.5) is 0 Å². The van der Waals surface area contributed by atoms with Gasteiger partial charge in [0.15, 0.2) is 0 Å². The monoisotopic (exact) mass is 349 g/mol. The van der Waals surface area contributed by atoms with Crippen LogP contribution < -0.4 is 5.32 Å². The fourth-order valence-electron chi connectivity index (χ4n) is 1.67. The van der Waals surface area contributed by atoms with E-state index in [2.05, 4.69) is 54.4 Å². The van der Waals surface area contributed by atoms with Crippen LogP contribution in [0.5, 0.6) is 0 Å². The maximum Gasteiger partial charge on any atom is 0.0410 e. The Balaban J connectivity index is 2.99. The third-order valence-electron chi connectivity index (χ3n) is 2.34. The molecular formula is C13H17ClIN. The Hall–Kier alpha value is -0.0600. The summed E-state index contributed by atoms with van der Waals surface area (Å²) in [6, 6.07) is 6.34. The standard InChI is InChI=1S/C13H17ClIN/c1-4-16-13(7-9(2)3)11-8-10(14)5-6-12(11)15/h5-6,8,13,16H,2,4,7H2,1,3H3. The van der Waals surface area contributed by atoms with Gasteiger partial charge in [0.05, 0.1) is 0 Å². The third-order valence-corrected chi connectivity index (χ3v) is 3.55. The second-order valence-corrected chi connectivity index (χ2v) is 5.54. The van der Waals surface area contributed by atoms with E-state index in [1.54, 1.807) is 0 Å². The Labute approximate surface area is 116 Å². The van der Waals surface area contributed by atoms with E-state index >= 15 is 0 Å². The molecule has 0 amide bonds. The molecule has 88 valence electrons. The van der Waals surface area contributed by atoms with Gasteiger partial charge in [-0.05, 0) is 66.2 Å². The van der Waals surface area contributed by atoms with E-state index in [4.69, 9.17) is 11.6 Å². The highest BCUT2D eigenvalue weighted by Gasteiger charge is 2.13. The molecule has 1 rings (SSSR count). The van der Waals surface area contributed by atoms with Crippen LogP contribution >= 0.6 is 34.2 Å². The average molecular weight is 350 g/mol. The number of hydrogen-bond donors (Lipinski definition) is 1. The van der Waals surface area contributed by atoms with Gasteiger partial charge in [0.2, 0.25) is 0 Å². The lowest BCUT2D eigenvalue weighted by Gasteiger charge is -2.20. The predicted octanol–water partition coefficient (Wildman–Crippen LogP) is 4.56. The first-order valence-electron chi connectivity index (χ1n) is 5.37. The van der Waals surface area contributed by atoms with E-state index < -0.39 is 0 Å². The normalized spacial score (nSPS) is 12.5. The smallest absolute Gasteiger partial charge is 0.0410 e. The van der Waals surface area contributed by atoms with Crippen LogP contribution in [-0.4, -0.2) is 6.54 Å². The molecule has 1 atom stereocenters. The van der Waals surface area contributed by atoms with E-state index in [0.717, 1.165) is 18.0 Å². The summed E-state index contributed by atoms with van der Waals surface area (Å²) in [6.07, 6.45) is 0.949. The van der Waals surface area contributed by atoms with Crippen LogP contribution in [0, 0.1) is 3.57 Å². The summed E-state index contributed by atoms with van der Waals surface area (Å²) in [4.78, 5) is 0. The molecule has 1 N–H and O–H groups in total. The van der Waals surface area contributed by atoms with Crippen LogP contribution in [0.25, 0.3) is 0 Å². The molecule has 1 aromatic carbocycles. The van der Waals surface area contributed by atoms with Crippen molar-refractivity contribution in [2.45, 2.75) is 26.3 Å². The lowest BCUT2D eigenvalue weighted by molar-refractivity contribution is 0.546. The topological polar surface area (TPSA) is 12.0 Å². The number of benzene rings is 1. The quantitative estimate of drug-likeness (QED) is 0.607. The van der Waals surface area contributed by atoms with Crippen molar-refractivity contribution in [3.63, 3.8) is 0 Å². The molecule has 0 aliphatic carbocycles. The molecule has 0 bridgehead atoms. The fraction of sp³-hybridized carbons (Fsp3) is 0.385. The molecule has 16 heavy (non-hydrogen) atoms. The molecule has 0 heterocycles. The van der Waals surface area contributed by atoms with Crippen LogP contribution in [0.3, 0.4) is 0 Å². The molecule has 0 saturated carbocycles. The maximum atomic E-state index is 6.04. The Morgan fingerprint density at radius 3 is 2.81 bits per heavy atom. The fourth-order valence-corrected chi connectivity index (χ4v) is 2.56. The molecule has 0 fully saturated rings. The minimum atomic E-state index is 0.313. The summed E-state index contributed by atoms with van der Waals surface area (Å²) in [7, 11) is 0. The molecule has 0 radical (unpaired) electrons. The van der Waals surface area contributed by atoms with Gasteiger partial charge in [0.1, 0.15) is 0 Å². The zero-order valence-corrected chi connectivity index (χ0v) is 12.6. The molecule has 1 aromatic rings. The van der Waals surface area contributed by atoms with Crippen molar-refractivity contribution in [1.29, 1.82) is 0 Å². The van der Waals surface area contributed by atoms with Gasteiger partial charge in [0, 0.05) is 14.6 Å². The Morgan fingerprint density at radius 2 is 2.25 bits per heavy atom. The number of halogens is 2. The van der Waals surface area contributed by atoms with Crippen molar-refractivity contribution >= 4 is 34.2 Å². The Bertz CT molecular complexity index is 376. The van der Waals surface area contributed by atoms with Crippen LogP contribution in [0.15, 0.2) is 30.4 Å². The Kier molecular flexibility index (Phi) is 5.79. The minimum Gasteiger partial charge on any atom is -0.310 e. The van der Waals surface area contributed by atoms with Crippen molar-refractivity contribution < 1.29 is 0 Å². The third kappa shape index (κ3) is 4.07. The zero-order valence-electron chi connectivity index (χ0n) is 9.69. The van der Waals surface area contributed by atoms with Gasteiger partial charge in [-0.25, -0.2) is 0 Å². The highest BCUT2D eigenvalue weighted by atomic mass is 127. The van der Waals surface area contributed by atoms with Gasteiger partial charge in [0.25, 0.3) is 0 Å². The molecular weight excluding hydrogens is 333 g/mol. The van der Waals surface area contributed by atoms with E-state index in [1.165, 1.54) is 14.7 Å². The Morgan fingerprint density at radius 1 is 1.56 bits per heavy atom. The van der Waals surface area contributed by atoms with E-state index in [-0.39, 0.29) is 0 Å². The molecule has 0 aliphatic rings. The number of nitrogens with one attached hydrogen (secondary N) is 1. The first-order valence-corrected chi connectivity index (χ1v) is 6.83. The summed E-state index contributed by atoms with van der Waals surface area (Å²) < 4.78 is 1.24. The second kappa shape index (κ2) is 6.62. The zero-order chi connectivity index (χ0) is 12.1. The molecule has 0 saturated heterocycles. The highest BCUT2D eigenvalue weighted by Crippen LogP contribution is 2.27. The van der Waals surface area contributed by atoms with Crippen molar-refractivity contribution in [2.24, 2.45) is 0 Å². The van der Waals surface area contributed by atoms with Crippen molar-refractivity contribution in [3.05, 3.63) is 44.5 Å². The SMILES string of the molecule is C=C(C)CC(NCC)c1cc(Cl)ccc1I. The van der Waals surface area contributed by atoms with Gasteiger partial charge in [-0.3, -0.25) is 0 Å². The van der Waals surface area contributed by atoms with Gasteiger partial charge < -0.3 is 5.32 Å². The molecule has 0 spiro atoms. The van der Waals surface area contributed by atoms with Gasteiger partial charge in [-0.15, -0.1) is 6.58 Å². The van der Waals surface area contributed by atoms with E-state index in [1.807, 2.05) is 12.1 Å². The first kappa shape index (κ1) is 14.0. The predicted molar refractivity (Wildman–Crippen MR) is 80.0 cm³/mol. The van der Waals surface area contributed by atoms with E-state index in [9.17, 15) is 0 Å². The molecule has 3 heteroatoms. The summed E-state index contributed by atoms with van der Waals surface area (Å²) in [5.41, 5.74) is 2.44. The van der Waals surface area contributed by atoms with Gasteiger partial charge in [-0.2, -0.15) is 0 Å². The summed E-state index contributed by atoms with van der Waals surface area (Å²) in [5.74, 6) is 0. The van der Waals surface area contributed by atoms with Crippen LogP contribution in [-0.2, 0) is 0 Å². The maximum absolute atomic E-state index is 6.04. The van der Waals surface area contributed by atoms with Crippen LogP contribution in [0.1, 0.15) is 31.9 Å². The number of hydrogen-bond acceptors (Lipinski definition) is 1. The first-order chi connectivity index (χ1) is 7.54. The largest absolute Gasteiger partial charge is 0.310 e. The van der Waals surface area contributed by atoms with Gasteiger partial charge in [-0.1, -0.05) is 24.1 Å². The van der Waals surface area contributed by atoms with Crippen LogP contribution in [0.2, 0.25) is 5.02 Å². The summed E-state index contributed by atoms with van der Waals surface area (Å²) in [5, 5.41) is 4.27. The molecule has 1 nitrogen and oxygen atoms in total. The molecule has 0 aromatic heterocycles. The highest BCUT2D eigenvalue weighted by molar-refractivity contribution is 14.1. The van der Waals surface area contributed by atoms with Crippen molar-refractivity contribution in [3.8, 4) is 0 Å². The van der Waals surface area contributed by atoms with Gasteiger partial charge >= 0.3 is 0 Å². The second-order valence-electron chi connectivity index (χ2n) is 3.94. The van der Waals surface area contributed by atoms with Crippen molar-refractivity contribution in [2.75, 3.05) is 6.54 Å². The average Bonchev–Trinajstić information content (AvgIpc) is 2.20. The lowest BCUT2D eigenvalue weighted by Crippen LogP contribution is -2.22.